The zero-order valence-corrected chi connectivity index (χ0v) is 14.7. The average Bonchev–Trinajstić information content (AvgIpc) is 2.64. The Kier molecular flexibility index (Phi) is 6.06. The van der Waals surface area contributed by atoms with Gasteiger partial charge in [-0.25, -0.2) is 0 Å². The molecule has 3 rings (SSSR count). The maximum atomic E-state index is 12.4. The highest BCUT2D eigenvalue weighted by molar-refractivity contribution is 5.94. The number of carbonyl (C=O) groups is 1. The summed E-state index contributed by atoms with van der Waals surface area (Å²) in [5.74, 6) is -0.0420. The molecule has 0 spiro atoms. The van der Waals surface area contributed by atoms with Gasteiger partial charge in [-0.2, -0.15) is 5.26 Å². The molecular weight excluding hydrogens is 314 g/mol. The third kappa shape index (κ3) is 4.59. The molecule has 2 N–H and O–H groups in total. The standard InChI is InChI=1S/C20H27N3O2/c21-12-9-15-5-7-16(8-6-15)20(25)22-17-10-13-23(14-11-17)18-3-1-2-4-19(18)24/h5-8,17-19,24H,1-4,9-11,13-14H2,(H,22,25). The van der Waals surface area contributed by atoms with Crippen molar-refractivity contribution in [2.45, 2.75) is 63.1 Å². The first-order valence-electron chi connectivity index (χ1n) is 9.36. The van der Waals surface area contributed by atoms with Crippen LogP contribution in [0.25, 0.3) is 0 Å². The number of likely N-dealkylation sites (tertiary alicyclic amines) is 1. The van der Waals surface area contributed by atoms with Gasteiger partial charge in [0.1, 0.15) is 0 Å². The molecule has 0 radical (unpaired) electrons. The lowest BCUT2D eigenvalue weighted by atomic mass is 9.89. The summed E-state index contributed by atoms with van der Waals surface area (Å²) in [7, 11) is 0. The lowest BCUT2D eigenvalue weighted by Gasteiger charge is -2.41. The summed E-state index contributed by atoms with van der Waals surface area (Å²) in [6.07, 6.45) is 6.40. The molecule has 5 heteroatoms. The highest BCUT2D eigenvalue weighted by Gasteiger charge is 2.31. The summed E-state index contributed by atoms with van der Waals surface area (Å²) in [5, 5.41) is 22.0. The minimum Gasteiger partial charge on any atom is -0.391 e. The Bertz CT molecular complexity index is 615. The zero-order chi connectivity index (χ0) is 17.6. The van der Waals surface area contributed by atoms with Gasteiger partial charge in [0, 0.05) is 30.7 Å². The maximum Gasteiger partial charge on any atom is 0.251 e. The summed E-state index contributed by atoms with van der Waals surface area (Å²) in [4.78, 5) is 14.8. The Balaban J connectivity index is 1.48. The fraction of sp³-hybridized carbons (Fsp3) is 0.600. The van der Waals surface area contributed by atoms with E-state index in [9.17, 15) is 9.90 Å². The molecular formula is C20H27N3O2. The largest absolute Gasteiger partial charge is 0.391 e. The summed E-state index contributed by atoms with van der Waals surface area (Å²) in [6.45, 7) is 1.88. The number of hydrogen-bond acceptors (Lipinski definition) is 4. The molecule has 0 bridgehead atoms. The molecule has 1 aliphatic carbocycles. The topological polar surface area (TPSA) is 76.4 Å². The molecule has 1 aromatic rings. The second kappa shape index (κ2) is 8.46. The molecule has 0 aromatic heterocycles. The normalized spacial score (nSPS) is 25.3. The van der Waals surface area contributed by atoms with E-state index in [1.807, 2.05) is 12.1 Å². The van der Waals surface area contributed by atoms with Crippen LogP contribution in [0.5, 0.6) is 0 Å². The van der Waals surface area contributed by atoms with Crippen molar-refractivity contribution < 1.29 is 9.90 Å². The quantitative estimate of drug-likeness (QED) is 0.881. The lowest BCUT2D eigenvalue weighted by molar-refractivity contribution is 0.00727. The molecule has 2 fully saturated rings. The van der Waals surface area contributed by atoms with Gasteiger partial charge in [-0.15, -0.1) is 0 Å². The molecule has 1 saturated carbocycles. The van der Waals surface area contributed by atoms with Crippen LogP contribution in [0.2, 0.25) is 0 Å². The number of aliphatic hydroxyl groups excluding tert-OH is 1. The van der Waals surface area contributed by atoms with Crippen LogP contribution in [-0.2, 0) is 6.42 Å². The number of rotatable bonds is 4. The molecule has 25 heavy (non-hydrogen) atoms. The van der Waals surface area contributed by atoms with Gasteiger partial charge in [0.05, 0.1) is 18.6 Å². The third-order valence-corrected chi connectivity index (χ3v) is 5.53. The predicted octanol–water partition coefficient (Wildman–Crippen LogP) is 2.25. The smallest absolute Gasteiger partial charge is 0.251 e. The Morgan fingerprint density at radius 1 is 1.16 bits per heavy atom. The third-order valence-electron chi connectivity index (χ3n) is 5.53. The minimum atomic E-state index is -0.188. The van der Waals surface area contributed by atoms with Gasteiger partial charge in [0.25, 0.3) is 5.91 Å². The maximum absolute atomic E-state index is 12.4. The molecule has 134 valence electrons. The zero-order valence-electron chi connectivity index (χ0n) is 14.7. The fourth-order valence-corrected chi connectivity index (χ4v) is 4.03. The SMILES string of the molecule is N#CCc1ccc(C(=O)NC2CCN(C3CCCCC3O)CC2)cc1. The Morgan fingerprint density at radius 3 is 2.48 bits per heavy atom. The Morgan fingerprint density at radius 2 is 1.84 bits per heavy atom. The van der Waals surface area contributed by atoms with Gasteiger partial charge in [-0.1, -0.05) is 25.0 Å². The molecule has 1 amide bonds. The Labute approximate surface area is 149 Å². The number of benzene rings is 1. The van der Waals surface area contributed by atoms with Crippen molar-refractivity contribution in [2.75, 3.05) is 13.1 Å². The number of nitrogens with one attached hydrogen (secondary N) is 1. The average molecular weight is 341 g/mol. The van der Waals surface area contributed by atoms with E-state index < -0.39 is 0 Å². The number of amides is 1. The number of carbonyl (C=O) groups excluding carboxylic acids is 1. The van der Waals surface area contributed by atoms with Crippen molar-refractivity contribution in [3.05, 3.63) is 35.4 Å². The van der Waals surface area contributed by atoms with Crippen LogP contribution in [-0.4, -0.2) is 47.2 Å². The van der Waals surface area contributed by atoms with Gasteiger partial charge in [0.15, 0.2) is 0 Å². The molecule has 1 aromatic carbocycles. The number of piperidine rings is 1. The first-order valence-corrected chi connectivity index (χ1v) is 9.36. The molecule has 2 unspecified atom stereocenters. The van der Waals surface area contributed by atoms with E-state index in [0.717, 1.165) is 50.8 Å². The monoisotopic (exact) mass is 341 g/mol. The first-order chi connectivity index (χ1) is 12.2. The molecule has 2 atom stereocenters. The Hall–Kier alpha value is -1.90. The number of nitriles is 1. The second-order valence-corrected chi connectivity index (χ2v) is 7.23. The van der Waals surface area contributed by atoms with E-state index in [2.05, 4.69) is 16.3 Å². The van der Waals surface area contributed by atoms with Crippen molar-refractivity contribution in [3.8, 4) is 6.07 Å². The van der Waals surface area contributed by atoms with Gasteiger partial charge in [0.2, 0.25) is 0 Å². The predicted molar refractivity (Wildman–Crippen MR) is 96.1 cm³/mol. The van der Waals surface area contributed by atoms with Crippen LogP contribution >= 0.6 is 0 Å². The van der Waals surface area contributed by atoms with Crippen LogP contribution in [0.15, 0.2) is 24.3 Å². The van der Waals surface area contributed by atoms with E-state index in [-0.39, 0.29) is 18.1 Å². The first kappa shape index (κ1) is 17.9. The van der Waals surface area contributed by atoms with E-state index in [1.54, 1.807) is 12.1 Å². The summed E-state index contributed by atoms with van der Waals surface area (Å²) < 4.78 is 0. The molecule has 1 heterocycles. The van der Waals surface area contributed by atoms with Crippen LogP contribution in [0.1, 0.15) is 54.4 Å². The lowest BCUT2D eigenvalue weighted by Crippen LogP contribution is -2.52. The van der Waals surface area contributed by atoms with Crippen molar-refractivity contribution in [1.82, 2.24) is 10.2 Å². The summed E-state index contributed by atoms with van der Waals surface area (Å²) >= 11 is 0. The minimum absolute atomic E-state index is 0.0420. The van der Waals surface area contributed by atoms with E-state index in [0.29, 0.717) is 18.0 Å². The van der Waals surface area contributed by atoms with Crippen LogP contribution in [0, 0.1) is 11.3 Å². The van der Waals surface area contributed by atoms with Crippen LogP contribution < -0.4 is 5.32 Å². The van der Waals surface area contributed by atoms with Gasteiger partial charge in [-0.05, 0) is 43.4 Å². The van der Waals surface area contributed by atoms with Gasteiger partial charge in [-0.3, -0.25) is 9.69 Å². The molecule has 1 aliphatic heterocycles. The van der Waals surface area contributed by atoms with Crippen LogP contribution in [0.3, 0.4) is 0 Å². The van der Waals surface area contributed by atoms with Crippen molar-refractivity contribution in [2.24, 2.45) is 0 Å². The molecule has 2 aliphatic rings. The molecule has 1 saturated heterocycles. The van der Waals surface area contributed by atoms with E-state index in [1.165, 1.54) is 6.42 Å². The van der Waals surface area contributed by atoms with Gasteiger partial charge < -0.3 is 10.4 Å². The van der Waals surface area contributed by atoms with Crippen molar-refractivity contribution >= 4 is 5.91 Å². The fourth-order valence-electron chi connectivity index (χ4n) is 4.03. The molecule has 5 nitrogen and oxygen atoms in total. The highest BCUT2D eigenvalue weighted by Crippen LogP contribution is 2.26. The van der Waals surface area contributed by atoms with E-state index >= 15 is 0 Å². The number of nitrogens with zero attached hydrogens (tertiary/aromatic N) is 2. The number of hydrogen-bond donors (Lipinski definition) is 2. The highest BCUT2D eigenvalue weighted by atomic mass is 16.3. The van der Waals surface area contributed by atoms with Crippen LogP contribution in [0.4, 0.5) is 0 Å². The second-order valence-electron chi connectivity index (χ2n) is 7.23. The van der Waals surface area contributed by atoms with Gasteiger partial charge >= 0.3 is 0 Å². The summed E-state index contributed by atoms with van der Waals surface area (Å²) in [6, 6.07) is 9.86. The summed E-state index contributed by atoms with van der Waals surface area (Å²) in [5.41, 5.74) is 1.57. The van der Waals surface area contributed by atoms with Crippen molar-refractivity contribution in [3.63, 3.8) is 0 Å². The number of aliphatic hydroxyl groups is 1. The van der Waals surface area contributed by atoms with E-state index in [4.69, 9.17) is 5.26 Å². The van der Waals surface area contributed by atoms with Crippen molar-refractivity contribution in [1.29, 1.82) is 5.26 Å².